The molecule has 0 aromatic heterocycles. The van der Waals surface area contributed by atoms with Crippen molar-refractivity contribution in [2.75, 3.05) is 13.7 Å². The van der Waals surface area contributed by atoms with E-state index in [9.17, 15) is 4.79 Å². The summed E-state index contributed by atoms with van der Waals surface area (Å²) >= 11 is 0. The highest BCUT2D eigenvalue weighted by Gasteiger charge is 2.21. The van der Waals surface area contributed by atoms with Crippen LogP contribution < -0.4 is 14.8 Å². The minimum atomic E-state index is -0.127. The Morgan fingerprint density at radius 2 is 2.00 bits per heavy atom. The Hall–Kier alpha value is -2.75. The number of hydrogen-bond donors (Lipinski definition) is 1. The van der Waals surface area contributed by atoms with Gasteiger partial charge in [0.25, 0.3) is 0 Å². The van der Waals surface area contributed by atoms with Crippen molar-refractivity contribution < 1.29 is 14.3 Å². The van der Waals surface area contributed by atoms with Crippen LogP contribution in [0.5, 0.6) is 11.5 Å². The number of para-hydroxylation sites is 2. The zero-order valence-electron chi connectivity index (χ0n) is 13.0. The Balaban J connectivity index is 1.70. The Kier molecular flexibility index (Phi) is 4.62. The van der Waals surface area contributed by atoms with Crippen molar-refractivity contribution in [3.63, 3.8) is 0 Å². The molecule has 1 aliphatic heterocycles. The predicted molar refractivity (Wildman–Crippen MR) is 89.5 cm³/mol. The first-order valence-corrected chi connectivity index (χ1v) is 7.61. The topological polar surface area (TPSA) is 47.6 Å². The molecule has 0 unspecified atom stereocenters. The van der Waals surface area contributed by atoms with Gasteiger partial charge in [-0.2, -0.15) is 0 Å². The zero-order valence-corrected chi connectivity index (χ0v) is 13.0. The third-order valence-corrected chi connectivity index (χ3v) is 3.83. The van der Waals surface area contributed by atoms with E-state index in [1.165, 1.54) is 6.08 Å². The lowest BCUT2D eigenvalue weighted by atomic mass is 10.0. The van der Waals surface area contributed by atoms with Gasteiger partial charge in [0, 0.05) is 23.6 Å². The van der Waals surface area contributed by atoms with Gasteiger partial charge in [-0.15, -0.1) is 0 Å². The van der Waals surface area contributed by atoms with E-state index in [4.69, 9.17) is 9.47 Å². The Bertz CT molecular complexity index is 724. The van der Waals surface area contributed by atoms with Gasteiger partial charge in [0.05, 0.1) is 19.8 Å². The highest BCUT2D eigenvalue weighted by molar-refractivity contribution is 5.92. The van der Waals surface area contributed by atoms with Crippen molar-refractivity contribution in [2.24, 2.45) is 0 Å². The van der Waals surface area contributed by atoms with E-state index in [-0.39, 0.29) is 11.9 Å². The van der Waals surface area contributed by atoms with E-state index in [0.29, 0.717) is 6.61 Å². The van der Waals surface area contributed by atoms with Crippen LogP contribution in [-0.2, 0) is 4.79 Å². The van der Waals surface area contributed by atoms with Gasteiger partial charge in [-0.1, -0.05) is 36.4 Å². The fraction of sp³-hybridized carbons (Fsp3) is 0.211. The van der Waals surface area contributed by atoms with Gasteiger partial charge in [0.15, 0.2) is 0 Å². The molecule has 23 heavy (non-hydrogen) atoms. The van der Waals surface area contributed by atoms with Crippen LogP contribution in [0.4, 0.5) is 0 Å². The number of carbonyl (C=O) groups is 1. The summed E-state index contributed by atoms with van der Waals surface area (Å²) in [5.41, 5.74) is 1.90. The first-order valence-electron chi connectivity index (χ1n) is 7.61. The summed E-state index contributed by atoms with van der Waals surface area (Å²) in [5.74, 6) is 1.46. The molecular weight excluding hydrogens is 290 g/mol. The van der Waals surface area contributed by atoms with Crippen molar-refractivity contribution in [3.8, 4) is 11.5 Å². The van der Waals surface area contributed by atoms with E-state index in [0.717, 1.165) is 29.0 Å². The second kappa shape index (κ2) is 7.01. The van der Waals surface area contributed by atoms with Crippen LogP contribution in [0.15, 0.2) is 54.6 Å². The fourth-order valence-electron chi connectivity index (χ4n) is 2.68. The number of methoxy groups -OCH3 is 1. The van der Waals surface area contributed by atoms with Crippen LogP contribution in [-0.4, -0.2) is 19.6 Å². The van der Waals surface area contributed by atoms with Crippen molar-refractivity contribution in [1.82, 2.24) is 5.32 Å². The fourth-order valence-corrected chi connectivity index (χ4v) is 2.68. The SMILES string of the molecule is COc1ccccc1/C=C/C(=O)N[C@H]1CCOc2ccccc21. The molecule has 1 amide bonds. The summed E-state index contributed by atoms with van der Waals surface area (Å²) < 4.78 is 10.9. The van der Waals surface area contributed by atoms with E-state index < -0.39 is 0 Å². The Morgan fingerprint density at radius 1 is 1.22 bits per heavy atom. The van der Waals surface area contributed by atoms with Gasteiger partial charge in [-0.05, 0) is 18.2 Å². The van der Waals surface area contributed by atoms with Crippen LogP contribution >= 0.6 is 0 Å². The number of benzene rings is 2. The van der Waals surface area contributed by atoms with Gasteiger partial charge in [0.1, 0.15) is 11.5 Å². The molecule has 0 fully saturated rings. The van der Waals surface area contributed by atoms with Crippen molar-refractivity contribution in [3.05, 3.63) is 65.7 Å². The maximum atomic E-state index is 12.2. The highest BCUT2D eigenvalue weighted by Crippen LogP contribution is 2.31. The number of nitrogens with one attached hydrogen (secondary N) is 1. The maximum Gasteiger partial charge on any atom is 0.244 e. The predicted octanol–water partition coefficient (Wildman–Crippen LogP) is 3.35. The van der Waals surface area contributed by atoms with Gasteiger partial charge >= 0.3 is 0 Å². The standard InChI is InChI=1S/C19H19NO3/c1-22-17-8-4-2-6-14(17)10-11-19(21)20-16-12-13-23-18-9-5-3-7-15(16)18/h2-11,16H,12-13H2,1H3,(H,20,21)/b11-10+/t16-/m0/s1. The molecule has 1 atom stereocenters. The number of ether oxygens (including phenoxy) is 2. The van der Waals surface area contributed by atoms with Crippen molar-refractivity contribution in [2.45, 2.75) is 12.5 Å². The molecule has 3 rings (SSSR count). The van der Waals surface area contributed by atoms with E-state index in [1.54, 1.807) is 13.2 Å². The molecule has 2 aromatic rings. The van der Waals surface area contributed by atoms with Crippen LogP contribution in [0.3, 0.4) is 0 Å². The summed E-state index contributed by atoms with van der Waals surface area (Å²) in [6.45, 7) is 0.609. The van der Waals surface area contributed by atoms with Crippen LogP contribution in [0, 0.1) is 0 Å². The molecule has 0 spiro atoms. The summed E-state index contributed by atoms with van der Waals surface area (Å²) in [6.07, 6.45) is 4.07. The van der Waals surface area contributed by atoms with Crippen LogP contribution in [0.25, 0.3) is 6.08 Å². The molecule has 2 aromatic carbocycles. The summed E-state index contributed by atoms with van der Waals surface area (Å²) in [4.78, 5) is 12.2. The summed E-state index contributed by atoms with van der Waals surface area (Å²) in [5, 5.41) is 3.04. The smallest absolute Gasteiger partial charge is 0.244 e. The summed E-state index contributed by atoms with van der Waals surface area (Å²) in [6, 6.07) is 15.4. The lowest BCUT2D eigenvalue weighted by Gasteiger charge is -2.26. The second-order valence-electron chi connectivity index (χ2n) is 5.31. The minimum absolute atomic E-state index is 0.0187. The molecular formula is C19H19NO3. The van der Waals surface area contributed by atoms with Gasteiger partial charge in [0.2, 0.25) is 5.91 Å². The molecule has 4 heteroatoms. The molecule has 4 nitrogen and oxygen atoms in total. The third-order valence-electron chi connectivity index (χ3n) is 3.83. The highest BCUT2D eigenvalue weighted by atomic mass is 16.5. The normalized spacial score (nSPS) is 16.5. The van der Waals surface area contributed by atoms with E-state index >= 15 is 0 Å². The lowest BCUT2D eigenvalue weighted by molar-refractivity contribution is -0.117. The molecule has 1 heterocycles. The first kappa shape index (κ1) is 15.2. The van der Waals surface area contributed by atoms with Gasteiger partial charge < -0.3 is 14.8 Å². The van der Waals surface area contributed by atoms with E-state index in [1.807, 2.05) is 48.5 Å². The molecule has 1 aliphatic rings. The largest absolute Gasteiger partial charge is 0.496 e. The quantitative estimate of drug-likeness (QED) is 0.881. The number of amides is 1. The third kappa shape index (κ3) is 3.54. The lowest BCUT2D eigenvalue weighted by Crippen LogP contribution is -2.30. The molecule has 0 saturated heterocycles. The summed E-state index contributed by atoms with van der Waals surface area (Å²) in [7, 11) is 1.62. The molecule has 0 bridgehead atoms. The number of fused-ring (bicyclic) bond motifs is 1. The number of carbonyl (C=O) groups excluding carboxylic acids is 1. The monoisotopic (exact) mass is 309 g/mol. The van der Waals surface area contributed by atoms with Crippen LogP contribution in [0.2, 0.25) is 0 Å². The molecule has 118 valence electrons. The zero-order chi connectivity index (χ0) is 16.1. The molecule has 0 saturated carbocycles. The number of hydrogen-bond acceptors (Lipinski definition) is 3. The molecule has 1 N–H and O–H groups in total. The van der Waals surface area contributed by atoms with Crippen molar-refractivity contribution >= 4 is 12.0 Å². The second-order valence-corrected chi connectivity index (χ2v) is 5.31. The number of rotatable bonds is 4. The van der Waals surface area contributed by atoms with E-state index in [2.05, 4.69) is 5.32 Å². The van der Waals surface area contributed by atoms with Gasteiger partial charge in [-0.3, -0.25) is 4.79 Å². The average Bonchev–Trinajstić information content (AvgIpc) is 2.60. The van der Waals surface area contributed by atoms with Gasteiger partial charge in [-0.25, -0.2) is 0 Å². The Morgan fingerprint density at radius 3 is 2.87 bits per heavy atom. The Labute approximate surface area is 135 Å². The minimum Gasteiger partial charge on any atom is -0.496 e. The maximum absolute atomic E-state index is 12.2. The molecule has 0 aliphatic carbocycles. The molecule has 0 radical (unpaired) electrons. The first-order chi connectivity index (χ1) is 11.3. The average molecular weight is 309 g/mol. The van der Waals surface area contributed by atoms with Crippen molar-refractivity contribution in [1.29, 1.82) is 0 Å². The van der Waals surface area contributed by atoms with Crippen LogP contribution in [0.1, 0.15) is 23.6 Å².